The Labute approximate surface area is 97.8 Å². The molecular formula is C12H22N2O2. The van der Waals surface area contributed by atoms with Crippen molar-refractivity contribution >= 4 is 0 Å². The molecule has 92 valence electrons. The predicted molar refractivity (Wildman–Crippen MR) is 63.2 cm³/mol. The van der Waals surface area contributed by atoms with Gasteiger partial charge in [0.1, 0.15) is 0 Å². The third kappa shape index (κ3) is 4.22. The highest BCUT2D eigenvalue weighted by molar-refractivity contribution is 4.83. The van der Waals surface area contributed by atoms with Crippen LogP contribution in [0.4, 0.5) is 0 Å². The van der Waals surface area contributed by atoms with Crippen LogP contribution in [0.1, 0.15) is 12.8 Å². The molecule has 16 heavy (non-hydrogen) atoms. The first-order valence-electron chi connectivity index (χ1n) is 6.20. The first-order chi connectivity index (χ1) is 7.95. The summed E-state index contributed by atoms with van der Waals surface area (Å²) in [5.74, 6) is 0. The van der Waals surface area contributed by atoms with Crippen LogP contribution in [0.2, 0.25) is 0 Å². The van der Waals surface area contributed by atoms with Crippen molar-refractivity contribution in [3.63, 3.8) is 0 Å². The van der Waals surface area contributed by atoms with Gasteiger partial charge < -0.3 is 9.47 Å². The van der Waals surface area contributed by atoms with Gasteiger partial charge in [-0.25, -0.2) is 0 Å². The van der Waals surface area contributed by atoms with Crippen LogP contribution < -0.4 is 0 Å². The van der Waals surface area contributed by atoms with Crippen LogP contribution in [-0.4, -0.2) is 62.7 Å². The molecule has 0 aromatic rings. The van der Waals surface area contributed by atoms with Gasteiger partial charge in [0, 0.05) is 26.2 Å². The maximum Gasteiger partial charge on any atom is 0.0991 e. The fraction of sp³-hybridized carbons (Fsp3) is 0.833. The van der Waals surface area contributed by atoms with Gasteiger partial charge in [-0.1, -0.05) is 12.2 Å². The molecule has 0 aliphatic carbocycles. The van der Waals surface area contributed by atoms with Crippen LogP contribution in [-0.2, 0) is 9.47 Å². The van der Waals surface area contributed by atoms with Gasteiger partial charge in [-0.3, -0.25) is 9.80 Å². The largest absolute Gasteiger partial charge is 0.365 e. The Hall–Kier alpha value is -0.420. The Morgan fingerprint density at radius 3 is 1.69 bits per heavy atom. The van der Waals surface area contributed by atoms with E-state index in [1.165, 1.54) is 0 Å². The maximum absolute atomic E-state index is 5.28. The Bertz CT molecular complexity index is 187. The molecule has 0 aromatic carbocycles. The molecule has 2 heterocycles. The summed E-state index contributed by atoms with van der Waals surface area (Å²) in [5, 5.41) is 0. The molecule has 2 rings (SSSR count). The summed E-state index contributed by atoms with van der Waals surface area (Å²) in [6.45, 7) is 7.89. The normalized spacial score (nSPS) is 23.8. The van der Waals surface area contributed by atoms with Gasteiger partial charge >= 0.3 is 0 Å². The van der Waals surface area contributed by atoms with E-state index in [2.05, 4.69) is 22.0 Å². The third-order valence-electron chi connectivity index (χ3n) is 3.04. The van der Waals surface area contributed by atoms with Gasteiger partial charge in [0.15, 0.2) is 0 Å². The Kier molecular flexibility index (Phi) is 5.28. The monoisotopic (exact) mass is 226 g/mol. The van der Waals surface area contributed by atoms with Gasteiger partial charge in [0.25, 0.3) is 0 Å². The maximum atomic E-state index is 5.28. The zero-order valence-corrected chi connectivity index (χ0v) is 9.94. The molecule has 2 aliphatic heterocycles. The lowest BCUT2D eigenvalue weighted by atomic mass is 10.3. The van der Waals surface area contributed by atoms with Crippen molar-refractivity contribution in [2.75, 3.05) is 52.9 Å². The zero-order chi connectivity index (χ0) is 11.1. The highest BCUT2D eigenvalue weighted by atomic mass is 16.5. The van der Waals surface area contributed by atoms with Gasteiger partial charge in [-0.15, -0.1) is 0 Å². The molecule has 2 fully saturated rings. The number of rotatable bonds is 6. The smallest absolute Gasteiger partial charge is 0.0991 e. The molecule has 2 saturated heterocycles. The van der Waals surface area contributed by atoms with E-state index in [-0.39, 0.29) is 0 Å². The van der Waals surface area contributed by atoms with E-state index in [0.29, 0.717) is 0 Å². The number of ether oxygens (including phenoxy) is 2. The molecule has 0 aromatic heterocycles. The second-order valence-electron chi connectivity index (χ2n) is 4.36. The molecule has 4 heteroatoms. The van der Waals surface area contributed by atoms with Crippen molar-refractivity contribution in [1.82, 2.24) is 9.80 Å². The first-order valence-corrected chi connectivity index (χ1v) is 6.20. The molecule has 0 amide bonds. The Morgan fingerprint density at radius 2 is 1.31 bits per heavy atom. The molecule has 2 aliphatic rings. The van der Waals surface area contributed by atoms with E-state index in [0.717, 1.165) is 65.7 Å². The van der Waals surface area contributed by atoms with Crippen LogP contribution in [0.5, 0.6) is 0 Å². The van der Waals surface area contributed by atoms with E-state index < -0.39 is 0 Å². The minimum atomic E-state index is 0.818. The lowest BCUT2D eigenvalue weighted by Gasteiger charge is -2.11. The molecule has 0 N–H and O–H groups in total. The average Bonchev–Trinajstić information content (AvgIpc) is 2.96. The number of hydrogen-bond acceptors (Lipinski definition) is 4. The number of nitrogens with zero attached hydrogens (tertiary/aromatic N) is 2. The molecule has 0 bridgehead atoms. The molecule has 0 atom stereocenters. The molecule has 0 spiro atoms. The van der Waals surface area contributed by atoms with Crippen LogP contribution in [0, 0.1) is 0 Å². The minimum absolute atomic E-state index is 0.818. The quantitative estimate of drug-likeness (QED) is 0.628. The van der Waals surface area contributed by atoms with Crippen LogP contribution in [0.3, 0.4) is 0 Å². The topological polar surface area (TPSA) is 24.9 Å². The van der Waals surface area contributed by atoms with Crippen molar-refractivity contribution in [3.8, 4) is 0 Å². The highest BCUT2D eigenvalue weighted by Gasteiger charge is 2.10. The van der Waals surface area contributed by atoms with Gasteiger partial charge in [-0.2, -0.15) is 0 Å². The summed E-state index contributed by atoms with van der Waals surface area (Å²) >= 11 is 0. The number of hydrogen-bond donors (Lipinski definition) is 0. The lowest BCUT2D eigenvalue weighted by Crippen LogP contribution is -2.21. The van der Waals surface area contributed by atoms with E-state index >= 15 is 0 Å². The van der Waals surface area contributed by atoms with Crippen molar-refractivity contribution in [2.24, 2.45) is 0 Å². The van der Waals surface area contributed by atoms with Crippen LogP contribution >= 0.6 is 0 Å². The lowest BCUT2D eigenvalue weighted by molar-refractivity contribution is 0.141. The van der Waals surface area contributed by atoms with E-state index in [1.54, 1.807) is 0 Å². The summed E-state index contributed by atoms with van der Waals surface area (Å²) in [7, 11) is 0. The van der Waals surface area contributed by atoms with Crippen LogP contribution in [0.15, 0.2) is 12.2 Å². The van der Waals surface area contributed by atoms with E-state index in [9.17, 15) is 0 Å². The average molecular weight is 226 g/mol. The third-order valence-corrected chi connectivity index (χ3v) is 3.04. The first kappa shape index (κ1) is 12.0. The molecule has 0 radical (unpaired) electrons. The molecule has 4 nitrogen and oxygen atoms in total. The summed E-state index contributed by atoms with van der Waals surface area (Å²) in [4.78, 5) is 4.69. The molecule has 0 unspecified atom stereocenters. The van der Waals surface area contributed by atoms with E-state index in [4.69, 9.17) is 9.47 Å². The van der Waals surface area contributed by atoms with Crippen molar-refractivity contribution in [1.29, 1.82) is 0 Å². The fourth-order valence-corrected chi connectivity index (χ4v) is 2.01. The fourth-order valence-electron chi connectivity index (χ4n) is 2.01. The molecule has 0 saturated carbocycles. The van der Waals surface area contributed by atoms with Gasteiger partial charge in [-0.05, 0) is 12.8 Å². The van der Waals surface area contributed by atoms with Crippen LogP contribution in [0.25, 0.3) is 0 Å². The summed E-state index contributed by atoms with van der Waals surface area (Å²) in [6.07, 6.45) is 6.85. The van der Waals surface area contributed by atoms with Gasteiger partial charge in [0.05, 0.1) is 26.7 Å². The minimum Gasteiger partial charge on any atom is -0.365 e. The second kappa shape index (κ2) is 7.01. The summed E-state index contributed by atoms with van der Waals surface area (Å²) < 4.78 is 10.6. The van der Waals surface area contributed by atoms with Crippen molar-refractivity contribution in [2.45, 2.75) is 12.8 Å². The standard InChI is InChI=1S/C12H22N2O2/c1(3-5-13-7-9-15-11-13)2-4-6-14-8-10-16-12-14/h1-2H,3-12H2. The SMILES string of the molecule is C(=CCCN1CCOC1)CCN1CCOC1. The van der Waals surface area contributed by atoms with Gasteiger partial charge in [0.2, 0.25) is 0 Å². The van der Waals surface area contributed by atoms with Crippen molar-refractivity contribution < 1.29 is 9.47 Å². The Balaban J connectivity index is 1.45. The predicted octanol–water partition coefficient (Wildman–Crippen LogP) is 0.902. The second-order valence-corrected chi connectivity index (χ2v) is 4.36. The summed E-state index contributed by atoms with van der Waals surface area (Å²) in [6, 6.07) is 0. The molecular weight excluding hydrogens is 204 g/mol. The highest BCUT2D eigenvalue weighted by Crippen LogP contribution is 2.02. The Morgan fingerprint density at radius 1 is 0.812 bits per heavy atom. The zero-order valence-electron chi connectivity index (χ0n) is 9.94. The van der Waals surface area contributed by atoms with Crippen molar-refractivity contribution in [3.05, 3.63) is 12.2 Å². The summed E-state index contributed by atoms with van der Waals surface area (Å²) in [5.41, 5.74) is 0. The van der Waals surface area contributed by atoms with E-state index in [1.807, 2.05) is 0 Å².